The van der Waals surface area contributed by atoms with Crippen LogP contribution < -0.4 is 0 Å². The molecule has 0 aliphatic heterocycles. The molecule has 122 valence electrons. The molecule has 0 saturated heterocycles. The summed E-state index contributed by atoms with van der Waals surface area (Å²) in [5, 5.41) is 6.83. The minimum Gasteiger partial charge on any atom is -0.203 e. The number of aryl methyl sites for hydroxylation is 1. The van der Waals surface area contributed by atoms with Crippen LogP contribution in [-0.4, -0.2) is 58.6 Å². The minimum atomic E-state index is -4.24. The van der Waals surface area contributed by atoms with E-state index in [1.54, 1.807) is 6.92 Å². The van der Waals surface area contributed by atoms with Crippen molar-refractivity contribution in [2.24, 2.45) is 0 Å². The lowest BCUT2D eigenvalue weighted by Gasteiger charge is -2.09. The molecule has 0 unspecified atom stereocenters. The Hall–Kier alpha value is -1.50. The molecule has 0 N–H and O–H groups in total. The van der Waals surface area contributed by atoms with Gasteiger partial charge in [0.25, 0.3) is 5.16 Å². The second-order valence-corrected chi connectivity index (χ2v) is 8.56. The van der Waals surface area contributed by atoms with Crippen molar-refractivity contribution in [2.75, 3.05) is 14.1 Å². The first-order valence-electron chi connectivity index (χ1n) is 5.81. The number of hydrogen-bond acceptors (Lipinski definition) is 7. The van der Waals surface area contributed by atoms with Gasteiger partial charge >= 0.3 is 20.2 Å². The maximum atomic E-state index is 12.4. The van der Waals surface area contributed by atoms with Crippen molar-refractivity contribution in [1.82, 2.24) is 27.7 Å². The van der Waals surface area contributed by atoms with Gasteiger partial charge in [-0.25, -0.2) is 4.98 Å². The van der Waals surface area contributed by atoms with Crippen molar-refractivity contribution in [3.05, 3.63) is 22.7 Å². The van der Waals surface area contributed by atoms with Crippen LogP contribution in [0.5, 0.6) is 0 Å². The van der Waals surface area contributed by atoms with Gasteiger partial charge in [0.1, 0.15) is 6.33 Å². The van der Waals surface area contributed by atoms with E-state index in [0.717, 1.165) is 10.6 Å². The third kappa shape index (κ3) is 2.51. The highest BCUT2D eigenvalue weighted by Crippen LogP contribution is 2.22. The first kappa shape index (κ1) is 16.9. The number of halogens is 1. The van der Waals surface area contributed by atoms with E-state index in [1.165, 1.54) is 21.0 Å². The van der Waals surface area contributed by atoms with Crippen molar-refractivity contribution in [3.8, 4) is 0 Å². The molecular formula is C9H13ClN6O4S2. The molecule has 2 aromatic heterocycles. The highest BCUT2D eigenvalue weighted by atomic mass is 35.5. The monoisotopic (exact) mass is 368 g/mol. The minimum absolute atomic E-state index is 0.186. The Labute approximate surface area is 132 Å². The summed E-state index contributed by atoms with van der Waals surface area (Å²) in [6.45, 7) is 3.01. The summed E-state index contributed by atoms with van der Waals surface area (Å²) < 4.78 is 50.6. The maximum Gasteiger partial charge on any atom is 0.323 e. The lowest BCUT2D eigenvalue weighted by molar-refractivity contribution is 0.502. The summed E-state index contributed by atoms with van der Waals surface area (Å²) >= 11 is 5.91. The summed E-state index contributed by atoms with van der Waals surface area (Å²) in [5.41, 5.74) is 0.508. The quantitative estimate of drug-likeness (QED) is 0.722. The lowest BCUT2D eigenvalue weighted by Crippen LogP contribution is -2.29. The summed E-state index contributed by atoms with van der Waals surface area (Å²) in [5.74, 6) is 0. The van der Waals surface area contributed by atoms with Crippen LogP contribution in [0, 0.1) is 13.8 Å². The fourth-order valence-electron chi connectivity index (χ4n) is 1.54. The van der Waals surface area contributed by atoms with E-state index in [1.807, 2.05) is 0 Å². The van der Waals surface area contributed by atoms with Gasteiger partial charge in [0.05, 0.1) is 16.4 Å². The Morgan fingerprint density at radius 1 is 1.14 bits per heavy atom. The summed E-state index contributed by atoms with van der Waals surface area (Å²) in [4.78, 5) is 3.55. The molecule has 0 saturated carbocycles. The zero-order valence-electron chi connectivity index (χ0n) is 12.1. The Morgan fingerprint density at radius 2 is 1.73 bits per heavy atom. The SMILES string of the molecule is Cc1nn(S(=O)(=O)c2ncn(S(=O)(=O)N(C)C)n2)c(C)c1Cl. The van der Waals surface area contributed by atoms with Gasteiger partial charge in [-0.15, -0.1) is 9.19 Å². The molecule has 0 fully saturated rings. The summed E-state index contributed by atoms with van der Waals surface area (Å²) in [6, 6.07) is 0. The zero-order chi connectivity index (χ0) is 16.9. The highest BCUT2D eigenvalue weighted by Gasteiger charge is 2.29. The van der Waals surface area contributed by atoms with Gasteiger partial charge in [-0.2, -0.15) is 30.3 Å². The standard InChI is InChI=1S/C9H13ClN6O4S2/c1-6-8(10)7(2)16(12-6)21(17,18)9-11-5-15(13-9)22(19,20)14(3)4/h5H,1-4H3. The second-order valence-electron chi connectivity index (χ2n) is 4.52. The molecule has 0 spiro atoms. The van der Waals surface area contributed by atoms with Crippen molar-refractivity contribution >= 4 is 31.8 Å². The van der Waals surface area contributed by atoms with Crippen molar-refractivity contribution in [3.63, 3.8) is 0 Å². The average Bonchev–Trinajstić information content (AvgIpc) is 3.01. The molecule has 2 rings (SSSR count). The molecular weight excluding hydrogens is 356 g/mol. The Kier molecular flexibility index (Phi) is 4.06. The van der Waals surface area contributed by atoms with Crippen LogP contribution in [0.4, 0.5) is 0 Å². The number of rotatable bonds is 4. The van der Waals surface area contributed by atoms with Gasteiger partial charge in [0.2, 0.25) is 0 Å². The first-order chi connectivity index (χ1) is 9.99. The van der Waals surface area contributed by atoms with Crippen LogP contribution in [0.2, 0.25) is 5.02 Å². The van der Waals surface area contributed by atoms with Gasteiger partial charge < -0.3 is 0 Å². The predicted molar refractivity (Wildman–Crippen MR) is 77.3 cm³/mol. The Balaban J connectivity index is 2.57. The zero-order valence-corrected chi connectivity index (χ0v) is 14.5. The normalized spacial score (nSPS) is 13.0. The molecule has 2 heterocycles. The first-order valence-corrected chi connectivity index (χ1v) is 9.03. The molecule has 0 atom stereocenters. The summed E-state index contributed by atoms with van der Waals surface area (Å²) in [7, 11) is -5.63. The Morgan fingerprint density at radius 3 is 2.18 bits per heavy atom. The molecule has 0 radical (unpaired) electrons. The van der Waals surface area contributed by atoms with Crippen LogP contribution >= 0.6 is 11.6 Å². The molecule has 0 aromatic carbocycles. The van der Waals surface area contributed by atoms with Crippen molar-refractivity contribution in [2.45, 2.75) is 19.0 Å². The van der Waals surface area contributed by atoms with E-state index < -0.39 is 25.4 Å². The largest absolute Gasteiger partial charge is 0.323 e. The van der Waals surface area contributed by atoms with Crippen LogP contribution in [0.15, 0.2) is 11.5 Å². The van der Waals surface area contributed by atoms with E-state index in [-0.39, 0.29) is 10.7 Å². The maximum absolute atomic E-state index is 12.4. The topological polar surface area (TPSA) is 120 Å². The molecule has 22 heavy (non-hydrogen) atoms. The molecule has 0 aliphatic carbocycles. The van der Waals surface area contributed by atoms with Crippen molar-refractivity contribution < 1.29 is 16.8 Å². The average molecular weight is 369 g/mol. The van der Waals surface area contributed by atoms with Gasteiger partial charge in [0, 0.05) is 14.1 Å². The van der Waals surface area contributed by atoms with E-state index in [0.29, 0.717) is 13.9 Å². The van der Waals surface area contributed by atoms with E-state index >= 15 is 0 Å². The smallest absolute Gasteiger partial charge is 0.203 e. The van der Waals surface area contributed by atoms with Crippen LogP contribution in [-0.2, 0) is 20.2 Å². The van der Waals surface area contributed by atoms with E-state index in [4.69, 9.17) is 11.6 Å². The fraction of sp³-hybridized carbons (Fsp3) is 0.444. The lowest BCUT2D eigenvalue weighted by atomic mass is 10.4. The number of nitrogens with zero attached hydrogens (tertiary/aromatic N) is 6. The molecule has 0 amide bonds. The van der Waals surface area contributed by atoms with Crippen molar-refractivity contribution in [1.29, 1.82) is 0 Å². The van der Waals surface area contributed by atoms with Crippen LogP contribution in [0.3, 0.4) is 0 Å². The third-order valence-corrected chi connectivity index (χ3v) is 6.35. The Bertz CT molecular complexity index is 927. The van der Waals surface area contributed by atoms with Crippen LogP contribution in [0.1, 0.15) is 11.4 Å². The molecule has 2 aromatic rings. The number of hydrogen-bond donors (Lipinski definition) is 0. The molecule has 13 heteroatoms. The number of aromatic nitrogens is 5. The van der Waals surface area contributed by atoms with Gasteiger partial charge in [-0.1, -0.05) is 11.6 Å². The fourth-order valence-corrected chi connectivity index (χ4v) is 3.65. The third-order valence-electron chi connectivity index (χ3n) is 2.77. The van der Waals surface area contributed by atoms with Gasteiger partial charge in [-0.05, 0) is 13.8 Å². The highest BCUT2D eigenvalue weighted by molar-refractivity contribution is 7.89. The van der Waals surface area contributed by atoms with E-state index in [9.17, 15) is 16.8 Å². The second kappa shape index (κ2) is 5.30. The van der Waals surface area contributed by atoms with Gasteiger partial charge in [0.15, 0.2) is 0 Å². The molecule has 0 bridgehead atoms. The van der Waals surface area contributed by atoms with E-state index in [2.05, 4.69) is 15.2 Å². The summed E-state index contributed by atoms with van der Waals surface area (Å²) in [6.07, 6.45) is 0.801. The molecule has 0 aliphatic rings. The predicted octanol–water partition coefficient (Wildman–Crippen LogP) is -0.364. The van der Waals surface area contributed by atoms with Gasteiger partial charge in [-0.3, -0.25) is 0 Å². The molecule has 10 nitrogen and oxygen atoms in total. The van der Waals surface area contributed by atoms with Crippen LogP contribution in [0.25, 0.3) is 0 Å².